The summed E-state index contributed by atoms with van der Waals surface area (Å²) in [4.78, 5) is 18.6. The third kappa shape index (κ3) is 7.25. The molecule has 4 rings (SSSR count). The summed E-state index contributed by atoms with van der Waals surface area (Å²) in [5.41, 5.74) is 3.37. The van der Waals surface area contributed by atoms with E-state index in [1.165, 1.54) is 23.1 Å². The first kappa shape index (κ1) is 27.4. The van der Waals surface area contributed by atoms with Gasteiger partial charge in [-0.2, -0.15) is 0 Å². The second-order valence-corrected chi connectivity index (χ2v) is 10.6. The zero-order valence-corrected chi connectivity index (χ0v) is 23.6. The number of carbonyl (C=O) groups excluding carboxylic acids is 1. The minimum Gasteiger partial charge on any atom is -0.497 e. The van der Waals surface area contributed by atoms with Gasteiger partial charge in [0.2, 0.25) is 5.91 Å². The number of anilines is 3. The van der Waals surface area contributed by atoms with Crippen molar-refractivity contribution >= 4 is 62.8 Å². The van der Waals surface area contributed by atoms with Crippen LogP contribution in [0.2, 0.25) is 0 Å². The van der Waals surface area contributed by atoms with Crippen LogP contribution in [0.25, 0.3) is 11.3 Å². The van der Waals surface area contributed by atoms with E-state index in [-0.39, 0.29) is 11.2 Å². The molecule has 0 aliphatic rings. The summed E-state index contributed by atoms with van der Waals surface area (Å²) in [6.45, 7) is 2.00. The van der Waals surface area contributed by atoms with Gasteiger partial charge in [0.15, 0.2) is 10.2 Å². The lowest BCUT2D eigenvalue weighted by Crippen LogP contribution is -2.24. The van der Waals surface area contributed by atoms with Crippen molar-refractivity contribution in [3.63, 3.8) is 0 Å². The lowest BCUT2D eigenvalue weighted by atomic mass is 10.2. The standard InChI is InChI=1S/C28H28N4O3S3/c1-4-25(26(33)32-28-31-23(17-37-28)18-12-14-20(34-2)15-13-18)38-21-9-7-8-19(16-21)29-27(36)30-22-10-5-6-11-24(22)35-3/h5-17,25H,4H2,1-3H3,(H2,29,30,36)(H,31,32,33). The van der Waals surface area contributed by atoms with Gasteiger partial charge in [0.25, 0.3) is 0 Å². The Morgan fingerprint density at radius 1 is 1.00 bits per heavy atom. The minimum atomic E-state index is -0.280. The zero-order valence-electron chi connectivity index (χ0n) is 21.2. The molecule has 0 saturated heterocycles. The molecule has 1 atom stereocenters. The van der Waals surface area contributed by atoms with E-state index >= 15 is 0 Å². The molecule has 0 aliphatic carbocycles. The number of thiocarbonyl (C=S) groups is 1. The average Bonchev–Trinajstić information content (AvgIpc) is 3.40. The number of thioether (sulfide) groups is 1. The van der Waals surface area contributed by atoms with Crippen LogP contribution in [0.5, 0.6) is 11.5 Å². The van der Waals surface area contributed by atoms with Crippen LogP contribution in [0.3, 0.4) is 0 Å². The van der Waals surface area contributed by atoms with Gasteiger partial charge in [0, 0.05) is 21.5 Å². The fourth-order valence-corrected chi connectivity index (χ4v) is 5.54. The van der Waals surface area contributed by atoms with E-state index in [9.17, 15) is 4.79 Å². The Labute approximate surface area is 236 Å². The van der Waals surface area contributed by atoms with Gasteiger partial charge in [-0.05, 0) is 73.2 Å². The van der Waals surface area contributed by atoms with Gasteiger partial charge in [-0.1, -0.05) is 25.1 Å². The van der Waals surface area contributed by atoms with Crippen LogP contribution < -0.4 is 25.4 Å². The Morgan fingerprint density at radius 2 is 1.79 bits per heavy atom. The summed E-state index contributed by atoms with van der Waals surface area (Å²) in [7, 11) is 3.25. The van der Waals surface area contributed by atoms with E-state index in [1.807, 2.05) is 85.1 Å². The number of ether oxygens (including phenoxy) is 2. The minimum absolute atomic E-state index is 0.0835. The monoisotopic (exact) mass is 564 g/mol. The van der Waals surface area contributed by atoms with Gasteiger partial charge in [0.1, 0.15) is 11.5 Å². The van der Waals surface area contributed by atoms with Crippen molar-refractivity contribution in [1.82, 2.24) is 4.98 Å². The number of para-hydroxylation sites is 2. The maximum atomic E-state index is 13.1. The van der Waals surface area contributed by atoms with Crippen LogP contribution >= 0.6 is 35.3 Å². The molecule has 0 aliphatic heterocycles. The fourth-order valence-electron chi connectivity index (χ4n) is 3.58. The van der Waals surface area contributed by atoms with Crippen LogP contribution in [-0.4, -0.2) is 35.5 Å². The summed E-state index contributed by atoms with van der Waals surface area (Å²) in [6.07, 6.45) is 0.665. The summed E-state index contributed by atoms with van der Waals surface area (Å²) in [5, 5.41) is 12.0. The van der Waals surface area contributed by atoms with Crippen LogP contribution in [-0.2, 0) is 4.79 Å². The van der Waals surface area contributed by atoms with Crippen molar-refractivity contribution in [2.75, 3.05) is 30.2 Å². The van der Waals surface area contributed by atoms with Gasteiger partial charge in [-0.15, -0.1) is 23.1 Å². The predicted octanol–water partition coefficient (Wildman–Crippen LogP) is 7.15. The Kier molecular flexibility index (Phi) is 9.58. The highest BCUT2D eigenvalue weighted by Crippen LogP contribution is 2.31. The first-order chi connectivity index (χ1) is 18.5. The Hall–Kier alpha value is -3.60. The quantitative estimate of drug-likeness (QED) is 0.138. The number of thiazole rings is 1. The summed E-state index contributed by atoms with van der Waals surface area (Å²) >= 11 is 8.39. The van der Waals surface area contributed by atoms with E-state index < -0.39 is 0 Å². The van der Waals surface area contributed by atoms with Gasteiger partial charge < -0.3 is 25.4 Å². The first-order valence-corrected chi connectivity index (χ1v) is 14.0. The van der Waals surface area contributed by atoms with Gasteiger partial charge >= 0.3 is 0 Å². The predicted molar refractivity (Wildman–Crippen MR) is 162 cm³/mol. The molecule has 0 radical (unpaired) electrons. The second kappa shape index (κ2) is 13.3. The number of carbonyl (C=O) groups is 1. The topological polar surface area (TPSA) is 84.5 Å². The Morgan fingerprint density at radius 3 is 2.53 bits per heavy atom. The third-order valence-corrected chi connectivity index (χ3v) is 7.83. The van der Waals surface area contributed by atoms with Crippen LogP contribution in [0.15, 0.2) is 83.1 Å². The highest BCUT2D eigenvalue weighted by Gasteiger charge is 2.20. The fraction of sp³-hybridized carbons (Fsp3) is 0.179. The summed E-state index contributed by atoms with van der Waals surface area (Å²) in [5.74, 6) is 1.41. The largest absolute Gasteiger partial charge is 0.497 e. The lowest BCUT2D eigenvalue weighted by Gasteiger charge is -2.16. The molecule has 1 unspecified atom stereocenters. The second-order valence-electron chi connectivity index (χ2n) is 8.08. The molecule has 196 valence electrons. The molecule has 38 heavy (non-hydrogen) atoms. The number of hydrogen-bond acceptors (Lipinski definition) is 7. The normalized spacial score (nSPS) is 11.3. The molecule has 0 saturated carbocycles. The highest BCUT2D eigenvalue weighted by atomic mass is 32.2. The number of amides is 1. The summed E-state index contributed by atoms with van der Waals surface area (Å²) in [6, 6.07) is 23.1. The molecule has 7 nitrogen and oxygen atoms in total. The molecule has 0 fully saturated rings. The smallest absolute Gasteiger partial charge is 0.239 e. The molecule has 10 heteroatoms. The lowest BCUT2D eigenvalue weighted by molar-refractivity contribution is -0.115. The van der Waals surface area contributed by atoms with Crippen molar-refractivity contribution in [1.29, 1.82) is 0 Å². The SMILES string of the molecule is CCC(Sc1cccc(NC(=S)Nc2ccccc2OC)c1)C(=O)Nc1nc(-c2ccc(OC)cc2)cs1. The summed E-state index contributed by atoms with van der Waals surface area (Å²) < 4.78 is 10.6. The van der Waals surface area contributed by atoms with Gasteiger partial charge in [0.05, 0.1) is 30.9 Å². The molecule has 1 heterocycles. The molecule has 1 aromatic heterocycles. The number of hydrogen-bond donors (Lipinski definition) is 3. The van der Waals surface area contributed by atoms with Crippen LogP contribution in [0, 0.1) is 0 Å². The van der Waals surface area contributed by atoms with E-state index in [4.69, 9.17) is 21.7 Å². The van der Waals surface area contributed by atoms with Crippen molar-refractivity contribution in [3.05, 3.63) is 78.2 Å². The van der Waals surface area contributed by atoms with Crippen LogP contribution in [0.1, 0.15) is 13.3 Å². The molecule has 4 aromatic rings. The first-order valence-electron chi connectivity index (χ1n) is 11.9. The number of nitrogens with one attached hydrogen (secondary N) is 3. The number of nitrogens with zero attached hydrogens (tertiary/aromatic N) is 1. The number of methoxy groups -OCH3 is 2. The Bertz CT molecular complexity index is 1390. The van der Waals surface area contributed by atoms with Gasteiger partial charge in [-0.3, -0.25) is 4.79 Å². The van der Waals surface area contributed by atoms with E-state index in [1.54, 1.807) is 14.2 Å². The number of aromatic nitrogens is 1. The van der Waals surface area contributed by atoms with E-state index in [0.717, 1.165) is 33.3 Å². The maximum absolute atomic E-state index is 13.1. The van der Waals surface area contributed by atoms with Crippen molar-refractivity contribution in [2.45, 2.75) is 23.5 Å². The third-order valence-electron chi connectivity index (χ3n) is 5.51. The van der Waals surface area contributed by atoms with Crippen molar-refractivity contribution < 1.29 is 14.3 Å². The van der Waals surface area contributed by atoms with Crippen molar-refractivity contribution in [2.24, 2.45) is 0 Å². The molecule has 0 bridgehead atoms. The van der Waals surface area contributed by atoms with Crippen molar-refractivity contribution in [3.8, 4) is 22.8 Å². The van der Waals surface area contributed by atoms with E-state index in [0.29, 0.717) is 22.4 Å². The molecule has 0 spiro atoms. The van der Waals surface area contributed by atoms with E-state index in [2.05, 4.69) is 20.9 Å². The average molecular weight is 565 g/mol. The Balaban J connectivity index is 1.36. The molecular weight excluding hydrogens is 537 g/mol. The number of benzene rings is 3. The zero-order chi connectivity index (χ0) is 26.9. The van der Waals surface area contributed by atoms with Crippen LogP contribution in [0.4, 0.5) is 16.5 Å². The highest BCUT2D eigenvalue weighted by molar-refractivity contribution is 8.00. The molecule has 3 aromatic carbocycles. The number of rotatable bonds is 10. The van der Waals surface area contributed by atoms with Gasteiger partial charge in [-0.25, -0.2) is 4.98 Å². The maximum Gasteiger partial charge on any atom is 0.239 e. The molecule has 3 N–H and O–H groups in total. The molecular formula is C28H28N4O3S3. The molecule has 1 amide bonds.